The minimum Gasteiger partial charge on any atom is -0.378 e. The van der Waals surface area contributed by atoms with E-state index in [0.717, 1.165) is 43.4 Å². The Balaban J connectivity index is 1.74. The first-order valence-electron chi connectivity index (χ1n) is 9.04. The van der Waals surface area contributed by atoms with Crippen LogP contribution in [0.4, 0.5) is 17.2 Å². The molecule has 0 saturated carbocycles. The van der Waals surface area contributed by atoms with E-state index in [2.05, 4.69) is 39.2 Å². The summed E-state index contributed by atoms with van der Waals surface area (Å²) in [5.41, 5.74) is 2.07. The summed E-state index contributed by atoms with van der Waals surface area (Å²) >= 11 is 0. The van der Waals surface area contributed by atoms with E-state index >= 15 is 0 Å². The normalized spacial score (nSPS) is 14.2. The van der Waals surface area contributed by atoms with Crippen LogP contribution in [0.3, 0.4) is 0 Å². The molecule has 2 aromatic rings. The number of hydrogen-bond acceptors (Lipinski definition) is 6. The van der Waals surface area contributed by atoms with E-state index < -0.39 is 0 Å². The molecule has 3 rings (SSSR count). The number of anilines is 3. The average molecular weight is 355 g/mol. The van der Waals surface area contributed by atoms with Gasteiger partial charge in [-0.1, -0.05) is 12.1 Å². The molecule has 7 heteroatoms. The molecule has 1 aromatic carbocycles. The molecule has 1 aliphatic rings. The van der Waals surface area contributed by atoms with Gasteiger partial charge in [-0.05, 0) is 38.1 Å². The van der Waals surface area contributed by atoms with Crippen molar-refractivity contribution in [1.29, 1.82) is 0 Å². The number of hydrogen-bond donors (Lipinski definition) is 1. The lowest BCUT2D eigenvalue weighted by atomic mass is 10.2. The van der Waals surface area contributed by atoms with Crippen molar-refractivity contribution in [1.82, 2.24) is 10.2 Å². The van der Waals surface area contributed by atoms with Crippen molar-refractivity contribution in [3.63, 3.8) is 0 Å². The van der Waals surface area contributed by atoms with E-state index in [9.17, 15) is 4.79 Å². The molecule has 0 unspecified atom stereocenters. The summed E-state index contributed by atoms with van der Waals surface area (Å²) in [4.78, 5) is 16.9. The van der Waals surface area contributed by atoms with Crippen molar-refractivity contribution in [3.05, 3.63) is 42.1 Å². The topological polar surface area (TPSA) is 70.6 Å². The van der Waals surface area contributed by atoms with Gasteiger partial charge in [0.15, 0.2) is 11.5 Å². The molecule has 1 amide bonds. The highest BCUT2D eigenvalue weighted by atomic mass is 16.5. The fraction of sp³-hybridized carbons (Fsp3) is 0.421. The van der Waals surface area contributed by atoms with Crippen molar-refractivity contribution in [3.8, 4) is 0 Å². The lowest BCUT2D eigenvalue weighted by Gasteiger charge is -2.30. The molecule has 0 atom stereocenters. The smallest absolute Gasteiger partial charge is 0.276 e. The van der Waals surface area contributed by atoms with Crippen molar-refractivity contribution in [2.75, 3.05) is 54.5 Å². The minimum absolute atomic E-state index is 0.260. The van der Waals surface area contributed by atoms with Crippen LogP contribution in [0, 0.1) is 0 Å². The molecule has 0 bridgehead atoms. The van der Waals surface area contributed by atoms with Crippen molar-refractivity contribution < 1.29 is 9.53 Å². The standard InChI is InChI=1S/C19H25N5O2/c1-3-23(4-2)18-10-9-16(21-22-18)19(25)20-15-7-5-6-8-17(15)24-11-13-26-14-12-24/h5-10H,3-4,11-14H2,1-2H3,(H,20,25). The van der Waals surface area contributed by atoms with E-state index in [1.165, 1.54) is 0 Å². The molecule has 26 heavy (non-hydrogen) atoms. The lowest BCUT2D eigenvalue weighted by Crippen LogP contribution is -2.36. The van der Waals surface area contributed by atoms with Gasteiger partial charge < -0.3 is 19.9 Å². The number of amides is 1. The van der Waals surface area contributed by atoms with Gasteiger partial charge >= 0.3 is 0 Å². The van der Waals surface area contributed by atoms with Crippen LogP contribution in [-0.4, -0.2) is 55.5 Å². The highest BCUT2D eigenvalue weighted by Crippen LogP contribution is 2.26. The quantitative estimate of drug-likeness (QED) is 0.858. The SMILES string of the molecule is CCN(CC)c1ccc(C(=O)Nc2ccccc2N2CCOCC2)nn1. The van der Waals surface area contributed by atoms with Gasteiger partial charge in [0.1, 0.15) is 0 Å². The molecule has 7 nitrogen and oxygen atoms in total. The molecule has 2 heterocycles. The van der Waals surface area contributed by atoms with E-state index in [1.54, 1.807) is 6.07 Å². The van der Waals surface area contributed by atoms with Gasteiger partial charge in [0.25, 0.3) is 5.91 Å². The van der Waals surface area contributed by atoms with Crippen LogP contribution in [0.1, 0.15) is 24.3 Å². The van der Waals surface area contributed by atoms with Crippen LogP contribution in [0.25, 0.3) is 0 Å². The Bertz CT molecular complexity index is 725. The van der Waals surface area contributed by atoms with Crippen molar-refractivity contribution in [2.24, 2.45) is 0 Å². The number of aromatic nitrogens is 2. The Hall–Kier alpha value is -2.67. The van der Waals surface area contributed by atoms with Crippen LogP contribution in [0.2, 0.25) is 0 Å². The molecular formula is C19H25N5O2. The number of morpholine rings is 1. The molecule has 1 saturated heterocycles. The van der Waals surface area contributed by atoms with Crippen LogP contribution in [0.15, 0.2) is 36.4 Å². The first-order chi connectivity index (χ1) is 12.7. The Morgan fingerprint density at radius 1 is 1.12 bits per heavy atom. The van der Waals surface area contributed by atoms with E-state index in [4.69, 9.17) is 4.74 Å². The number of ether oxygens (including phenoxy) is 1. The van der Waals surface area contributed by atoms with Crippen LogP contribution < -0.4 is 15.1 Å². The zero-order valence-corrected chi connectivity index (χ0v) is 15.3. The van der Waals surface area contributed by atoms with Crippen molar-refractivity contribution in [2.45, 2.75) is 13.8 Å². The Morgan fingerprint density at radius 2 is 1.85 bits per heavy atom. The summed E-state index contributed by atoms with van der Waals surface area (Å²) < 4.78 is 5.41. The van der Waals surface area contributed by atoms with Gasteiger partial charge in [0.05, 0.1) is 24.6 Å². The van der Waals surface area contributed by atoms with Gasteiger partial charge in [-0.2, -0.15) is 0 Å². The predicted octanol–water partition coefficient (Wildman–Crippen LogP) is 2.41. The van der Waals surface area contributed by atoms with E-state index in [-0.39, 0.29) is 5.91 Å². The molecule has 0 spiro atoms. The minimum atomic E-state index is -0.260. The van der Waals surface area contributed by atoms with Gasteiger partial charge in [0.2, 0.25) is 0 Å². The predicted molar refractivity (Wildman–Crippen MR) is 103 cm³/mol. The summed E-state index contributed by atoms with van der Waals surface area (Å²) in [6.45, 7) is 8.84. The van der Waals surface area contributed by atoms with Gasteiger partial charge in [-0.25, -0.2) is 0 Å². The highest BCUT2D eigenvalue weighted by Gasteiger charge is 2.17. The summed E-state index contributed by atoms with van der Waals surface area (Å²) in [5.74, 6) is 0.518. The second-order valence-electron chi connectivity index (χ2n) is 6.02. The molecule has 1 N–H and O–H groups in total. The number of rotatable bonds is 6. The highest BCUT2D eigenvalue weighted by molar-refractivity contribution is 6.04. The molecule has 138 valence electrons. The summed E-state index contributed by atoms with van der Waals surface area (Å²) in [7, 11) is 0. The molecule has 0 radical (unpaired) electrons. The monoisotopic (exact) mass is 355 g/mol. The number of nitrogens with zero attached hydrogens (tertiary/aromatic N) is 4. The van der Waals surface area contributed by atoms with Crippen molar-refractivity contribution >= 4 is 23.1 Å². The number of carbonyl (C=O) groups excluding carboxylic acids is 1. The first kappa shape index (κ1) is 18.1. The summed E-state index contributed by atoms with van der Waals surface area (Å²) in [6, 6.07) is 11.3. The Morgan fingerprint density at radius 3 is 2.50 bits per heavy atom. The fourth-order valence-corrected chi connectivity index (χ4v) is 3.01. The molecule has 1 aromatic heterocycles. The largest absolute Gasteiger partial charge is 0.378 e. The van der Waals surface area contributed by atoms with Crippen LogP contribution >= 0.6 is 0 Å². The molecular weight excluding hydrogens is 330 g/mol. The number of benzene rings is 1. The van der Waals surface area contributed by atoms with E-state index in [1.807, 2.05) is 30.3 Å². The maximum absolute atomic E-state index is 12.6. The van der Waals surface area contributed by atoms with E-state index in [0.29, 0.717) is 18.9 Å². The summed E-state index contributed by atoms with van der Waals surface area (Å²) in [5, 5.41) is 11.2. The second kappa shape index (κ2) is 8.62. The maximum atomic E-state index is 12.6. The van der Waals surface area contributed by atoms with Gasteiger partial charge in [-0.3, -0.25) is 4.79 Å². The molecule has 1 aliphatic heterocycles. The third kappa shape index (κ3) is 4.11. The van der Waals surface area contributed by atoms with Crippen LogP contribution in [0.5, 0.6) is 0 Å². The lowest BCUT2D eigenvalue weighted by molar-refractivity contribution is 0.102. The molecule has 1 fully saturated rings. The first-order valence-corrected chi connectivity index (χ1v) is 9.04. The zero-order valence-electron chi connectivity index (χ0n) is 15.3. The maximum Gasteiger partial charge on any atom is 0.276 e. The number of carbonyl (C=O) groups is 1. The van der Waals surface area contributed by atoms with Gasteiger partial charge in [-0.15, -0.1) is 10.2 Å². The summed E-state index contributed by atoms with van der Waals surface area (Å²) in [6.07, 6.45) is 0. The third-order valence-corrected chi connectivity index (χ3v) is 4.47. The average Bonchev–Trinajstić information content (AvgIpc) is 2.70. The Kier molecular flexibility index (Phi) is 6.01. The number of para-hydroxylation sites is 2. The molecule has 0 aliphatic carbocycles. The zero-order chi connectivity index (χ0) is 18.4. The fourth-order valence-electron chi connectivity index (χ4n) is 3.01. The third-order valence-electron chi connectivity index (χ3n) is 4.47. The van der Waals surface area contributed by atoms with Gasteiger partial charge in [0, 0.05) is 26.2 Å². The van der Waals surface area contributed by atoms with Crippen LogP contribution in [-0.2, 0) is 4.74 Å². The number of nitrogens with one attached hydrogen (secondary N) is 1. The Labute approximate surface area is 154 Å². The second-order valence-corrected chi connectivity index (χ2v) is 6.02.